The van der Waals surface area contributed by atoms with Crippen molar-refractivity contribution in [3.8, 4) is 11.5 Å². The molecule has 1 saturated heterocycles. The van der Waals surface area contributed by atoms with Crippen molar-refractivity contribution in [2.24, 2.45) is 5.92 Å². The summed E-state index contributed by atoms with van der Waals surface area (Å²) < 4.78 is 12.0. The molecule has 186 valence electrons. The number of benzene rings is 3. The summed E-state index contributed by atoms with van der Waals surface area (Å²) in [5, 5.41) is 14.3. The second-order valence-electron chi connectivity index (χ2n) is 9.35. The molecule has 1 aromatic heterocycles. The Hall–Kier alpha value is -3.61. The van der Waals surface area contributed by atoms with E-state index in [4.69, 9.17) is 9.47 Å². The van der Waals surface area contributed by atoms with Crippen LogP contribution in [0.1, 0.15) is 40.0 Å². The number of para-hydroxylation sites is 1. The van der Waals surface area contributed by atoms with Gasteiger partial charge in [-0.3, -0.25) is 4.79 Å². The fourth-order valence-electron chi connectivity index (χ4n) is 4.73. The maximum atomic E-state index is 13.1. The van der Waals surface area contributed by atoms with Crippen LogP contribution in [0.5, 0.6) is 11.5 Å². The monoisotopic (exact) mass is 484 g/mol. The maximum Gasteiger partial charge on any atom is 0.183 e. The van der Waals surface area contributed by atoms with E-state index in [0.29, 0.717) is 17.4 Å². The Bertz CT molecular complexity index is 1270. The highest BCUT2D eigenvalue weighted by Crippen LogP contribution is 2.24. The number of carbonyl (C=O) groups excluding carboxylic acids is 1. The summed E-state index contributed by atoms with van der Waals surface area (Å²) in [5.41, 5.74) is 3.98. The van der Waals surface area contributed by atoms with Crippen LogP contribution in [0.15, 0.2) is 72.8 Å². The van der Waals surface area contributed by atoms with E-state index >= 15 is 0 Å². The van der Waals surface area contributed by atoms with Crippen LogP contribution in [0, 0.1) is 5.92 Å². The van der Waals surface area contributed by atoms with Crippen LogP contribution in [0.3, 0.4) is 0 Å². The third-order valence-electron chi connectivity index (χ3n) is 6.87. The van der Waals surface area contributed by atoms with Crippen molar-refractivity contribution in [2.45, 2.75) is 32.5 Å². The predicted octanol–water partition coefficient (Wildman–Crippen LogP) is 5.04. The van der Waals surface area contributed by atoms with Crippen LogP contribution >= 0.6 is 0 Å². The number of aromatic nitrogens is 1. The molecule has 6 nitrogen and oxygen atoms in total. The van der Waals surface area contributed by atoms with Crippen molar-refractivity contribution in [1.82, 2.24) is 10.3 Å². The summed E-state index contributed by atoms with van der Waals surface area (Å²) in [6.45, 7) is 3.01. The molecule has 0 atom stereocenters. The highest BCUT2D eigenvalue weighted by atomic mass is 16.5. The number of aliphatic hydroxyl groups is 1. The van der Waals surface area contributed by atoms with Crippen molar-refractivity contribution < 1.29 is 19.4 Å². The average molecular weight is 485 g/mol. The fourth-order valence-corrected chi connectivity index (χ4v) is 4.73. The zero-order chi connectivity index (χ0) is 24.7. The summed E-state index contributed by atoms with van der Waals surface area (Å²) in [7, 11) is 0. The first-order valence-corrected chi connectivity index (χ1v) is 12.6. The van der Waals surface area contributed by atoms with Crippen LogP contribution in [-0.4, -0.2) is 35.6 Å². The van der Waals surface area contributed by atoms with Gasteiger partial charge in [-0.25, -0.2) is 0 Å². The third kappa shape index (κ3) is 5.78. The predicted molar refractivity (Wildman–Crippen MR) is 141 cm³/mol. The number of ketones is 1. The molecule has 0 spiro atoms. The van der Waals surface area contributed by atoms with Crippen molar-refractivity contribution in [2.75, 3.05) is 19.7 Å². The number of Topliss-reactive ketones (excluding diaryl/α,β-unsaturated/α-hetero) is 1. The van der Waals surface area contributed by atoms with Crippen molar-refractivity contribution in [3.63, 3.8) is 0 Å². The van der Waals surface area contributed by atoms with E-state index in [9.17, 15) is 9.90 Å². The van der Waals surface area contributed by atoms with Gasteiger partial charge in [0.25, 0.3) is 0 Å². The Morgan fingerprint density at radius 3 is 2.36 bits per heavy atom. The van der Waals surface area contributed by atoms with Gasteiger partial charge in [-0.2, -0.15) is 0 Å². The lowest BCUT2D eigenvalue weighted by Crippen LogP contribution is -2.30. The summed E-state index contributed by atoms with van der Waals surface area (Å²) in [6, 6.07) is 23.0. The minimum atomic E-state index is -0.115. The van der Waals surface area contributed by atoms with Gasteiger partial charge in [-0.1, -0.05) is 36.4 Å². The van der Waals surface area contributed by atoms with Gasteiger partial charge in [-0.05, 0) is 84.9 Å². The van der Waals surface area contributed by atoms with Crippen molar-refractivity contribution in [1.29, 1.82) is 0 Å². The number of hydrogen-bond donors (Lipinski definition) is 3. The van der Waals surface area contributed by atoms with E-state index in [2.05, 4.69) is 10.3 Å². The minimum Gasteiger partial charge on any atom is -0.493 e. The lowest BCUT2D eigenvalue weighted by Gasteiger charge is -2.22. The minimum absolute atomic E-state index is 0.00205. The number of hydrogen-bond acceptors (Lipinski definition) is 5. The molecule has 3 N–H and O–H groups in total. The number of fused-ring (bicyclic) bond motifs is 1. The van der Waals surface area contributed by atoms with Gasteiger partial charge in [0.15, 0.2) is 5.78 Å². The molecule has 1 fully saturated rings. The molecule has 0 saturated carbocycles. The van der Waals surface area contributed by atoms with Crippen molar-refractivity contribution in [3.05, 3.63) is 95.2 Å². The first kappa shape index (κ1) is 24.1. The Balaban J connectivity index is 1.24. The Morgan fingerprint density at radius 1 is 0.889 bits per heavy atom. The fraction of sp³-hybridized carbons (Fsp3) is 0.300. The topological polar surface area (TPSA) is 83.6 Å². The molecule has 0 bridgehead atoms. The smallest absolute Gasteiger partial charge is 0.183 e. The third-order valence-corrected chi connectivity index (χ3v) is 6.87. The second kappa shape index (κ2) is 11.4. The van der Waals surface area contributed by atoms with Crippen LogP contribution in [0.4, 0.5) is 0 Å². The number of aliphatic hydroxyl groups excluding tert-OH is 1. The number of nitrogens with one attached hydrogen (secondary N) is 2. The summed E-state index contributed by atoms with van der Waals surface area (Å²) in [5.74, 6) is 2.14. The highest BCUT2D eigenvalue weighted by Gasteiger charge is 2.16. The summed E-state index contributed by atoms with van der Waals surface area (Å²) >= 11 is 0. The van der Waals surface area contributed by atoms with Gasteiger partial charge in [0.1, 0.15) is 18.1 Å². The molecule has 1 aliphatic heterocycles. The van der Waals surface area contributed by atoms with E-state index in [1.165, 1.54) is 0 Å². The van der Waals surface area contributed by atoms with Crippen LogP contribution in [0.2, 0.25) is 0 Å². The number of H-pyrrole nitrogens is 1. The van der Waals surface area contributed by atoms with E-state index in [1.807, 2.05) is 72.8 Å². The van der Waals surface area contributed by atoms with Crippen molar-refractivity contribution >= 4 is 16.7 Å². The van der Waals surface area contributed by atoms with Gasteiger partial charge in [0.05, 0.1) is 18.9 Å². The van der Waals surface area contributed by atoms with E-state index in [1.54, 1.807) is 0 Å². The Labute approximate surface area is 211 Å². The highest BCUT2D eigenvalue weighted by molar-refractivity contribution is 6.00. The molecule has 4 aromatic rings. The lowest BCUT2D eigenvalue weighted by atomic mass is 9.97. The molecule has 6 heteroatoms. The number of aromatic amines is 1. The molecular formula is C30H32N2O4. The van der Waals surface area contributed by atoms with E-state index < -0.39 is 0 Å². The first-order valence-electron chi connectivity index (χ1n) is 12.6. The zero-order valence-corrected chi connectivity index (χ0v) is 20.3. The van der Waals surface area contributed by atoms with E-state index in [-0.39, 0.29) is 25.4 Å². The average Bonchev–Trinajstić information content (AvgIpc) is 3.37. The molecule has 3 aromatic carbocycles. The van der Waals surface area contributed by atoms with Gasteiger partial charge in [-0.15, -0.1) is 0 Å². The van der Waals surface area contributed by atoms with Gasteiger partial charge in [0.2, 0.25) is 0 Å². The van der Waals surface area contributed by atoms with E-state index in [0.717, 1.165) is 65.9 Å². The summed E-state index contributed by atoms with van der Waals surface area (Å²) in [6.07, 6.45) is 2.52. The van der Waals surface area contributed by atoms with Crippen LogP contribution in [0.25, 0.3) is 10.9 Å². The largest absolute Gasteiger partial charge is 0.493 e. The standard InChI is InChI=1S/C30H32N2O4/c33-18-24-6-3-5-22(17-30(34)29-16-23-4-1-2-7-28(23)32-29)27(24)20-36-26-10-8-25(9-11-26)35-19-21-12-14-31-15-13-21/h1-11,16,21,31-33H,12-15,17-20H2. The number of piperidine rings is 1. The number of carbonyl (C=O) groups is 1. The SMILES string of the molecule is O=C(Cc1cccc(CO)c1COc1ccc(OCC2CCNCC2)cc1)c1cc2ccccc2[nH]1. The summed E-state index contributed by atoms with van der Waals surface area (Å²) in [4.78, 5) is 16.3. The molecule has 5 rings (SSSR count). The van der Waals surface area contributed by atoms with Crippen LogP contribution < -0.4 is 14.8 Å². The Morgan fingerprint density at radius 2 is 1.61 bits per heavy atom. The molecule has 0 unspecified atom stereocenters. The first-order chi connectivity index (χ1) is 17.7. The molecular weight excluding hydrogens is 452 g/mol. The Kier molecular flexibility index (Phi) is 7.64. The number of rotatable bonds is 10. The van der Waals surface area contributed by atoms with Crippen LogP contribution in [-0.2, 0) is 19.6 Å². The van der Waals surface area contributed by atoms with Gasteiger partial charge < -0.3 is 24.9 Å². The molecule has 0 aliphatic carbocycles. The van der Waals surface area contributed by atoms with Gasteiger partial charge in [0, 0.05) is 17.3 Å². The maximum absolute atomic E-state index is 13.1. The lowest BCUT2D eigenvalue weighted by molar-refractivity contribution is 0.0988. The second-order valence-corrected chi connectivity index (χ2v) is 9.35. The molecule has 0 amide bonds. The molecule has 36 heavy (non-hydrogen) atoms. The molecule has 0 radical (unpaired) electrons. The number of ether oxygens (including phenoxy) is 2. The molecule has 1 aliphatic rings. The normalized spacial score (nSPS) is 14.1. The van der Waals surface area contributed by atoms with Gasteiger partial charge >= 0.3 is 0 Å². The zero-order valence-electron chi connectivity index (χ0n) is 20.3. The molecule has 2 heterocycles. The quantitative estimate of drug-likeness (QED) is 0.275.